The fourth-order valence-electron chi connectivity index (χ4n) is 2.83. The molecule has 4 nitrogen and oxygen atoms in total. The Morgan fingerprint density at radius 1 is 1.41 bits per heavy atom. The van der Waals surface area contributed by atoms with Gasteiger partial charge in [0.15, 0.2) is 0 Å². The molecule has 1 amide bonds. The van der Waals surface area contributed by atoms with Gasteiger partial charge in [0.2, 0.25) is 5.91 Å². The zero-order valence-corrected chi connectivity index (χ0v) is 14.3. The van der Waals surface area contributed by atoms with Gasteiger partial charge in [0.05, 0.1) is 13.7 Å². The topological polar surface area (TPSA) is 41.6 Å². The monoisotopic (exact) mass is 324 g/mol. The molecule has 0 bridgehead atoms. The molecule has 2 unspecified atom stereocenters. The molecule has 2 rings (SSSR count). The molecule has 1 fully saturated rings. The molecule has 0 radical (unpaired) electrons. The lowest BCUT2D eigenvalue weighted by atomic mass is 9.89. The van der Waals surface area contributed by atoms with Gasteiger partial charge in [-0.05, 0) is 43.0 Å². The Hall–Kier alpha value is -1.26. The molecule has 0 aromatic heterocycles. The van der Waals surface area contributed by atoms with Crippen LogP contribution in [0.25, 0.3) is 0 Å². The highest BCUT2D eigenvalue weighted by molar-refractivity contribution is 6.30. The zero-order chi connectivity index (χ0) is 16.1. The van der Waals surface area contributed by atoms with E-state index in [1.165, 1.54) is 0 Å². The first kappa shape index (κ1) is 17.1. The Morgan fingerprint density at radius 2 is 2.18 bits per heavy atom. The lowest BCUT2D eigenvalue weighted by Gasteiger charge is -2.34. The molecule has 1 aliphatic rings. The zero-order valence-electron chi connectivity index (χ0n) is 13.6. The number of halogens is 1. The number of methoxy groups -OCH3 is 1. The Labute approximate surface area is 137 Å². The van der Waals surface area contributed by atoms with Gasteiger partial charge >= 0.3 is 0 Å². The third-order valence-corrected chi connectivity index (χ3v) is 4.74. The second-order valence-electron chi connectivity index (χ2n) is 6.21. The second-order valence-corrected chi connectivity index (χ2v) is 6.65. The van der Waals surface area contributed by atoms with Crippen molar-refractivity contribution in [2.24, 2.45) is 11.8 Å². The van der Waals surface area contributed by atoms with E-state index < -0.39 is 0 Å². The van der Waals surface area contributed by atoms with Gasteiger partial charge in [0.25, 0.3) is 0 Å². The van der Waals surface area contributed by atoms with Gasteiger partial charge in [-0.3, -0.25) is 9.69 Å². The van der Waals surface area contributed by atoms with E-state index in [0.717, 1.165) is 36.7 Å². The van der Waals surface area contributed by atoms with Gasteiger partial charge in [-0.25, -0.2) is 0 Å². The maximum absolute atomic E-state index is 12.1. The summed E-state index contributed by atoms with van der Waals surface area (Å²) >= 11 is 6.00. The van der Waals surface area contributed by atoms with Crippen LogP contribution >= 0.6 is 11.6 Å². The number of rotatable bonds is 5. The molecule has 0 saturated carbocycles. The highest BCUT2D eigenvalue weighted by Crippen LogP contribution is 2.23. The van der Waals surface area contributed by atoms with Crippen molar-refractivity contribution in [1.29, 1.82) is 0 Å². The van der Waals surface area contributed by atoms with Gasteiger partial charge in [-0.1, -0.05) is 25.4 Å². The summed E-state index contributed by atoms with van der Waals surface area (Å²) in [6.45, 7) is 7.43. The van der Waals surface area contributed by atoms with Crippen molar-refractivity contribution in [3.63, 3.8) is 0 Å². The summed E-state index contributed by atoms with van der Waals surface area (Å²) in [6, 6.07) is 5.42. The summed E-state index contributed by atoms with van der Waals surface area (Å²) in [5, 5.41) is 3.60. The maximum atomic E-state index is 12.1. The average molecular weight is 325 g/mol. The first-order chi connectivity index (χ1) is 10.5. The number of likely N-dealkylation sites (tertiary alicyclic amines) is 1. The Bertz CT molecular complexity index is 521. The summed E-state index contributed by atoms with van der Waals surface area (Å²) < 4.78 is 5.29. The number of carbonyl (C=O) groups is 1. The van der Waals surface area contributed by atoms with Gasteiger partial charge in [0.1, 0.15) is 5.75 Å². The molecule has 1 aliphatic heterocycles. The van der Waals surface area contributed by atoms with Crippen LogP contribution < -0.4 is 10.1 Å². The van der Waals surface area contributed by atoms with Crippen molar-refractivity contribution in [1.82, 2.24) is 10.2 Å². The van der Waals surface area contributed by atoms with Gasteiger partial charge in [-0.15, -0.1) is 0 Å². The molecule has 0 spiro atoms. The number of carbonyl (C=O) groups excluding carboxylic acids is 1. The Morgan fingerprint density at radius 3 is 2.86 bits per heavy atom. The molecule has 1 aromatic carbocycles. The van der Waals surface area contributed by atoms with E-state index in [0.29, 0.717) is 24.0 Å². The molecule has 1 saturated heterocycles. The van der Waals surface area contributed by atoms with E-state index in [2.05, 4.69) is 24.1 Å². The molecule has 5 heteroatoms. The highest BCUT2D eigenvalue weighted by Gasteiger charge is 2.23. The predicted octanol–water partition coefficient (Wildman–Crippen LogP) is 2.94. The van der Waals surface area contributed by atoms with Crippen molar-refractivity contribution in [3.8, 4) is 5.75 Å². The summed E-state index contributed by atoms with van der Waals surface area (Å²) in [7, 11) is 1.62. The van der Waals surface area contributed by atoms with Crippen LogP contribution in [0.3, 0.4) is 0 Å². The molecule has 122 valence electrons. The number of amides is 1. The molecule has 1 heterocycles. The van der Waals surface area contributed by atoms with E-state index in [1.54, 1.807) is 13.2 Å². The van der Waals surface area contributed by atoms with E-state index in [1.807, 2.05) is 12.1 Å². The van der Waals surface area contributed by atoms with Gasteiger partial charge in [-0.2, -0.15) is 0 Å². The minimum Gasteiger partial charge on any atom is -0.496 e. The minimum atomic E-state index is 0.0452. The summed E-state index contributed by atoms with van der Waals surface area (Å²) in [5.41, 5.74) is 0.893. The van der Waals surface area contributed by atoms with Crippen LogP contribution in [0.2, 0.25) is 5.02 Å². The normalized spacial score (nSPS) is 22.4. The minimum absolute atomic E-state index is 0.0452. The van der Waals surface area contributed by atoms with Crippen molar-refractivity contribution < 1.29 is 9.53 Å². The number of nitrogens with one attached hydrogen (secondary N) is 1. The Kier molecular flexibility index (Phi) is 6.09. The standard InChI is InChI=1S/C17H25ClN2O2/c1-12-6-7-20(10-13(12)2)11-17(21)19-9-14-8-15(18)4-5-16(14)22-3/h4-5,8,12-13H,6-7,9-11H2,1-3H3,(H,19,21). The van der Waals surface area contributed by atoms with Gasteiger partial charge < -0.3 is 10.1 Å². The van der Waals surface area contributed by atoms with Crippen LogP contribution in [0.5, 0.6) is 5.75 Å². The molecule has 1 aromatic rings. The number of piperidine rings is 1. The highest BCUT2D eigenvalue weighted by atomic mass is 35.5. The number of benzene rings is 1. The molecule has 22 heavy (non-hydrogen) atoms. The van der Waals surface area contributed by atoms with E-state index in [9.17, 15) is 4.79 Å². The third-order valence-electron chi connectivity index (χ3n) is 4.50. The van der Waals surface area contributed by atoms with Crippen molar-refractivity contribution in [2.75, 3.05) is 26.7 Å². The fourth-order valence-corrected chi connectivity index (χ4v) is 3.03. The first-order valence-corrected chi connectivity index (χ1v) is 8.19. The third kappa shape index (κ3) is 4.62. The van der Waals surface area contributed by atoms with E-state index in [-0.39, 0.29) is 5.91 Å². The van der Waals surface area contributed by atoms with Crippen molar-refractivity contribution in [3.05, 3.63) is 28.8 Å². The van der Waals surface area contributed by atoms with Crippen LogP contribution in [-0.2, 0) is 11.3 Å². The van der Waals surface area contributed by atoms with Crippen molar-refractivity contribution in [2.45, 2.75) is 26.8 Å². The number of nitrogens with zero attached hydrogens (tertiary/aromatic N) is 1. The average Bonchev–Trinajstić information content (AvgIpc) is 2.49. The van der Waals surface area contributed by atoms with Gasteiger partial charge in [0, 0.05) is 23.7 Å². The number of hydrogen-bond acceptors (Lipinski definition) is 3. The van der Waals surface area contributed by atoms with E-state index >= 15 is 0 Å². The maximum Gasteiger partial charge on any atom is 0.234 e. The van der Waals surface area contributed by atoms with E-state index in [4.69, 9.17) is 16.3 Å². The molecular weight excluding hydrogens is 300 g/mol. The fraction of sp³-hybridized carbons (Fsp3) is 0.588. The SMILES string of the molecule is COc1ccc(Cl)cc1CNC(=O)CN1CCC(C)C(C)C1. The Balaban J connectivity index is 1.84. The molecular formula is C17H25ClN2O2. The lowest BCUT2D eigenvalue weighted by molar-refractivity contribution is -0.123. The van der Waals surface area contributed by atoms with Crippen LogP contribution in [0.15, 0.2) is 18.2 Å². The summed E-state index contributed by atoms with van der Waals surface area (Å²) in [6.07, 6.45) is 1.16. The first-order valence-electron chi connectivity index (χ1n) is 7.81. The van der Waals surface area contributed by atoms with Crippen LogP contribution in [0, 0.1) is 11.8 Å². The molecule has 2 atom stereocenters. The summed E-state index contributed by atoms with van der Waals surface area (Å²) in [5.74, 6) is 2.18. The van der Waals surface area contributed by atoms with Crippen LogP contribution in [0.4, 0.5) is 0 Å². The summed E-state index contributed by atoms with van der Waals surface area (Å²) in [4.78, 5) is 14.4. The predicted molar refractivity (Wildman–Crippen MR) is 89.2 cm³/mol. The number of ether oxygens (including phenoxy) is 1. The van der Waals surface area contributed by atoms with Crippen molar-refractivity contribution >= 4 is 17.5 Å². The number of hydrogen-bond donors (Lipinski definition) is 1. The largest absolute Gasteiger partial charge is 0.496 e. The van der Waals surface area contributed by atoms with Crippen LogP contribution in [-0.4, -0.2) is 37.6 Å². The smallest absolute Gasteiger partial charge is 0.234 e. The molecule has 1 N–H and O–H groups in total. The second kappa shape index (κ2) is 7.84. The molecule has 0 aliphatic carbocycles. The van der Waals surface area contributed by atoms with Crippen LogP contribution in [0.1, 0.15) is 25.8 Å². The quantitative estimate of drug-likeness (QED) is 0.905. The lowest BCUT2D eigenvalue weighted by Crippen LogP contribution is -2.44.